The Morgan fingerprint density at radius 1 is 1.22 bits per heavy atom. The lowest BCUT2D eigenvalue weighted by Gasteiger charge is -2.19. The van der Waals surface area contributed by atoms with Gasteiger partial charge in [0.05, 0.1) is 11.5 Å². The number of sulfone groups is 1. The van der Waals surface area contributed by atoms with Crippen molar-refractivity contribution in [2.75, 3.05) is 11.5 Å². The molecule has 6 heteroatoms. The molecule has 0 spiro atoms. The molecule has 3 rings (SSSR count). The van der Waals surface area contributed by atoms with Crippen molar-refractivity contribution in [2.45, 2.75) is 45.1 Å². The second-order valence-electron chi connectivity index (χ2n) is 5.64. The molecule has 1 atom stereocenters. The zero-order chi connectivity index (χ0) is 12.8. The van der Waals surface area contributed by atoms with Crippen LogP contribution in [0.2, 0.25) is 0 Å². The molecule has 1 aromatic rings. The summed E-state index contributed by atoms with van der Waals surface area (Å²) in [6, 6.07) is 0. The molecule has 0 aliphatic carbocycles. The van der Waals surface area contributed by atoms with Gasteiger partial charge in [-0.05, 0) is 25.2 Å². The summed E-state index contributed by atoms with van der Waals surface area (Å²) in [4.78, 5) is 4.61. The number of aromatic nitrogens is 3. The summed E-state index contributed by atoms with van der Waals surface area (Å²) in [5.74, 6) is 3.43. The zero-order valence-electron chi connectivity index (χ0n) is 10.7. The maximum Gasteiger partial charge on any atom is 0.154 e. The zero-order valence-corrected chi connectivity index (χ0v) is 11.5. The van der Waals surface area contributed by atoms with E-state index in [1.165, 1.54) is 6.42 Å². The third-order valence-electron chi connectivity index (χ3n) is 4.03. The molecule has 1 fully saturated rings. The van der Waals surface area contributed by atoms with Crippen LogP contribution in [-0.2, 0) is 22.8 Å². The van der Waals surface area contributed by atoms with Crippen LogP contribution < -0.4 is 0 Å². The van der Waals surface area contributed by atoms with Gasteiger partial charge < -0.3 is 0 Å². The first-order chi connectivity index (χ1) is 8.53. The first-order valence-electron chi connectivity index (χ1n) is 6.67. The molecule has 100 valence electrons. The lowest BCUT2D eigenvalue weighted by atomic mass is 10.0. The van der Waals surface area contributed by atoms with E-state index in [2.05, 4.69) is 17.0 Å². The Morgan fingerprint density at radius 3 is 2.67 bits per heavy atom. The Bertz CT molecular complexity index is 536. The van der Waals surface area contributed by atoms with E-state index in [9.17, 15) is 8.42 Å². The first kappa shape index (κ1) is 12.1. The Labute approximate surface area is 108 Å². The SMILES string of the molecule is CC1CCc2nc(C3CCS(=O)(=O)CC3)nn2C1. The molecule has 1 saturated heterocycles. The molecule has 1 aromatic heterocycles. The lowest BCUT2D eigenvalue weighted by Crippen LogP contribution is -2.23. The molecular formula is C12H19N3O2S. The highest BCUT2D eigenvalue weighted by molar-refractivity contribution is 7.91. The van der Waals surface area contributed by atoms with Gasteiger partial charge in [0.1, 0.15) is 15.7 Å². The molecule has 2 aliphatic heterocycles. The normalized spacial score (nSPS) is 27.9. The minimum atomic E-state index is -2.80. The van der Waals surface area contributed by atoms with Gasteiger partial charge in [-0.2, -0.15) is 5.10 Å². The van der Waals surface area contributed by atoms with E-state index < -0.39 is 9.84 Å². The van der Waals surface area contributed by atoms with Crippen molar-refractivity contribution >= 4 is 9.84 Å². The van der Waals surface area contributed by atoms with Crippen molar-refractivity contribution in [3.05, 3.63) is 11.6 Å². The average Bonchev–Trinajstić information content (AvgIpc) is 2.71. The van der Waals surface area contributed by atoms with Crippen molar-refractivity contribution in [3.8, 4) is 0 Å². The molecule has 3 heterocycles. The number of rotatable bonds is 1. The van der Waals surface area contributed by atoms with Crippen LogP contribution in [0.4, 0.5) is 0 Å². The second-order valence-corrected chi connectivity index (χ2v) is 7.94. The third-order valence-corrected chi connectivity index (χ3v) is 5.75. The summed E-state index contributed by atoms with van der Waals surface area (Å²) in [5.41, 5.74) is 0. The first-order valence-corrected chi connectivity index (χ1v) is 8.50. The maximum atomic E-state index is 11.4. The van der Waals surface area contributed by atoms with Crippen LogP contribution in [0.5, 0.6) is 0 Å². The van der Waals surface area contributed by atoms with Crippen LogP contribution in [0.1, 0.15) is 43.8 Å². The topological polar surface area (TPSA) is 64.8 Å². The molecule has 0 aromatic carbocycles. The van der Waals surface area contributed by atoms with Gasteiger partial charge in [-0.25, -0.2) is 18.1 Å². The van der Waals surface area contributed by atoms with Gasteiger partial charge in [0, 0.05) is 18.9 Å². The standard InChI is InChI=1S/C12H19N3O2S/c1-9-2-3-11-13-12(14-15(11)8-9)10-4-6-18(16,17)7-5-10/h9-10H,2-8H2,1H3. The molecule has 18 heavy (non-hydrogen) atoms. The van der Waals surface area contributed by atoms with Crippen LogP contribution in [-0.4, -0.2) is 34.7 Å². The summed E-state index contributed by atoms with van der Waals surface area (Å²) < 4.78 is 24.9. The summed E-state index contributed by atoms with van der Waals surface area (Å²) in [5, 5.41) is 4.58. The van der Waals surface area contributed by atoms with Crippen LogP contribution >= 0.6 is 0 Å². The number of nitrogens with zero attached hydrogens (tertiary/aromatic N) is 3. The van der Waals surface area contributed by atoms with Crippen LogP contribution in [0.25, 0.3) is 0 Å². The minimum Gasteiger partial charge on any atom is -0.250 e. The van der Waals surface area contributed by atoms with Crippen LogP contribution in [0.15, 0.2) is 0 Å². The quantitative estimate of drug-likeness (QED) is 0.767. The maximum absolute atomic E-state index is 11.4. The van der Waals surface area contributed by atoms with E-state index in [0.717, 1.165) is 24.6 Å². The van der Waals surface area contributed by atoms with E-state index in [-0.39, 0.29) is 17.4 Å². The lowest BCUT2D eigenvalue weighted by molar-refractivity contribution is 0.366. The molecule has 1 unspecified atom stereocenters. The van der Waals surface area contributed by atoms with E-state index in [1.54, 1.807) is 0 Å². The van der Waals surface area contributed by atoms with Crippen molar-refractivity contribution in [1.82, 2.24) is 14.8 Å². The third kappa shape index (κ3) is 2.30. The smallest absolute Gasteiger partial charge is 0.154 e. The summed E-state index contributed by atoms with van der Waals surface area (Å²) in [7, 11) is -2.80. The predicted molar refractivity (Wildman–Crippen MR) is 68.1 cm³/mol. The van der Waals surface area contributed by atoms with E-state index >= 15 is 0 Å². The second kappa shape index (κ2) is 4.33. The van der Waals surface area contributed by atoms with Crippen molar-refractivity contribution in [3.63, 3.8) is 0 Å². The summed E-state index contributed by atoms with van der Waals surface area (Å²) in [6.45, 7) is 3.19. The Morgan fingerprint density at radius 2 is 1.94 bits per heavy atom. The number of hydrogen-bond acceptors (Lipinski definition) is 4. The highest BCUT2D eigenvalue weighted by atomic mass is 32.2. The Balaban J connectivity index is 1.78. The monoisotopic (exact) mass is 269 g/mol. The number of aryl methyl sites for hydroxylation is 1. The van der Waals surface area contributed by atoms with Gasteiger partial charge in [-0.15, -0.1) is 0 Å². The van der Waals surface area contributed by atoms with Crippen molar-refractivity contribution in [2.24, 2.45) is 5.92 Å². The largest absolute Gasteiger partial charge is 0.250 e. The molecule has 0 amide bonds. The Kier molecular flexibility index (Phi) is 2.92. The molecule has 0 radical (unpaired) electrons. The van der Waals surface area contributed by atoms with Gasteiger partial charge in [-0.1, -0.05) is 6.92 Å². The minimum absolute atomic E-state index is 0.238. The van der Waals surface area contributed by atoms with Gasteiger partial charge in [0.15, 0.2) is 5.82 Å². The average molecular weight is 269 g/mol. The van der Waals surface area contributed by atoms with E-state index in [1.807, 2.05) is 4.68 Å². The van der Waals surface area contributed by atoms with Gasteiger partial charge in [-0.3, -0.25) is 0 Å². The highest BCUT2D eigenvalue weighted by Gasteiger charge is 2.29. The molecule has 2 aliphatic rings. The fraction of sp³-hybridized carbons (Fsp3) is 0.833. The Hall–Kier alpha value is -0.910. The van der Waals surface area contributed by atoms with Crippen LogP contribution in [0, 0.1) is 5.92 Å². The predicted octanol–water partition coefficient (Wildman–Crippen LogP) is 1.15. The molecular weight excluding hydrogens is 250 g/mol. The summed E-state index contributed by atoms with van der Waals surface area (Å²) in [6.07, 6.45) is 3.54. The molecule has 5 nitrogen and oxygen atoms in total. The number of hydrogen-bond donors (Lipinski definition) is 0. The fourth-order valence-electron chi connectivity index (χ4n) is 2.81. The van der Waals surface area contributed by atoms with E-state index in [0.29, 0.717) is 18.8 Å². The molecule has 0 saturated carbocycles. The van der Waals surface area contributed by atoms with Gasteiger partial charge in [0.2, 0.25) is 0 Å². The molecule has 0 N–H and O–H groups in total. The van der Waals surface area contributed by atoms with Crippen LogP contribution in [0.3, 0.4) is 0 Å². The van der Waals surface area contributed by atoms with E-state index in [4.69, 9.17) is 0 Å². The highest BCUT2D eigenvalue weighted by Crippen LogP contribution is 2.28. The molecule has 0 bridgehead atoms. The van der Waals surface area contributed by atoms with Crippen molar-refractivity contribution in [1.29, 1.82) is 0 Å². The summed E-state index contributed by atoms with van der Waals surface area (Å²) >= 11 is 0. The van der Waals surface area contributed by atoms with Gasteiger partial charge >= 0.3 is 0 Å². The van der Waals surface area contributed by atoms with Crippen molar-refractivity contribution < 1.29 is 8.42 Å². The fourth-order valence-corrected chi connectivity index (χ4v) is 4.30. The number of fused-ring (bicyclic) bond motifs is 1. The van der Waals surface area contributed by atoms with Gasteiger partial charge in [0.25, 0.3) is 0 Å².